The van der Waals surface area contributed by atoms with Gasteiger partial charge in [-0.2, -0.15) is 0 Å². The fourth-order valence-electron chi connectivity index (χ4n) is 3.98. The number of pyridine rings is 2. The van der Waals surface area contributed by atoms with Crippen LogP contribution in [0.2, 0.25) is 0 Å². The zero-order valence-corrected chi connectivity index (χ0v) is 13.6. The number of hydrogen-bond acceptors (Lipinski definition) is 2. The lowest BCUT2D eigenvalue weighted by Gasteiger charge is -2.24. The first-order valence-corrected chi connectivity index (χ1v) is 8.71. The largest absolute Gasteiger partial charge is 0.312 e. The third-order valence-corrected chi connectivity index (χ3v) is 5.23. The van der Waals surface area contributed by atoms with Crippen LogP contribution in [-0.2, 0) is 6.42 Å². The maximum Gasteiger partial charge on any atom is 0.258 e. The van der Waals surface area contributed by atoms with Crippen molar-refractivity contribution >= 4 is 21.7 Å². The lowest BCUT2D eigenvalue weighted by atomic mass is 9.94. The van der Waals surface area contributed by atoms with Gasteiger partial charge in [0, 0.05) is 34.6 Å². The minimum atomic E-state index is 0.150. The summed E-state index contributed by atoms with van der Waals surface area (Å²) in [6, 6.07) is 8.61. The van der Waals surface area contributed by atoms with E-state index in [9.17, 15) is 4.79 Å². The molecule has 1 aliphatic carbocycles. The van der Waals surface area contributed by atoms with E-state index in [4.69, 9.17) is 0 Å². The Labute approximate surface area is 136 Å². The molecule has 1 aliphatic rings. The summed E-state index contributed by atoms with van der Waals surface area (Å²) in [6.07, 6.45) is 10.7. The zero-order chi connectivity index (χ0) is 15.8. The van der Waals surface area contributed by atoms with Crippen LogP contribution in [0, 0.1) is 0 Å². The molecule has 3 nitrogen and oxygen atoms in total. The Morgan fingerprint density at radius 1 is 1.13 bits per heavy atom. The fraction of sp³-hybridized carbons (Fsp3) is 0.400. The molecule has 0 saturated heterocycles. The Morgan fingerprint density at radius 3 is 2.74 bits per heavy atom. The van der Waals surface area contributed by atoms with Gasteiger partial charge in [0.05, 0.1) is 5.52 Å². The van der Waals surface area contributed by atoms with E-state index in [1.165, 1.54) is 24.8 Å². The van der Waals surface area contributed by atoms with Gasteiger partial charge in [-0.15, -0.1) is 0 Å². The number of rotatable bonds is 2. The monoisotopic (exact) mass is 306 g/mol. The Bertz CT molecular complexity index is 920. The second-order valence-electron chi connectivity index (χ2n) is 6.57. The Hall–Kier alpha value is -2.16. The molecule has 2 aromatic heterocycles. The van der Waals surface area contributed by atoms with Crippen molar-refractivity contribution in [2.75, 3.05) is 0 Å². The van der Waals surface area contributed by atoms with Crippen molar-refractivity contribution in [1.82, 2.24) is 9.55 Å². The Morgan fingerprint density at radius 2 is 1.96 bits per heavy atom. The summed E-state index contributed by atoms with van der Waals surface area (Å²) in [5.41, 5.74) is 2.31. The summed E-state index contributed by atoms with van der Waals surface area (Å²) in [6.45, 7) is 2.14. The van der Waals surface area contributed by atoms with Gasteiger partial charge in [0.15, 0.2) is 0 Å². The van der Waals surface area contributed by atoms with Gasteiger partial charge < -0.3 is 4.57 Å². The molecule has 1 fully saturated rings. The number of hydrogen-bond donors (Lipinski definition) is 0. The highest BCUT2D eigenvalue weighted by Crippen LogP contribution is 2.29. The number of fused-ring (bicyclic) bond motifs is 3. The van der Waals surface area contributed by atoms with Gasteiger partial charge in [0.25, 0.3) is 5.56 Å². The summed E-state index contributed by atoms with van der Waals surface area (Å²) in [5.74, 6) is 0. The van der Waals surface area contributed by atoms with Gasteiger partial charge in [-0.3, -0.25) is 9.78 Å². The van der Waals surface area contributed by atoms with Gasteiger partial charge >= 0.3 is 0 Å². The van der Waals surface area contributed by atoms with Crippen LogP contribution in [0.4, 0.5) is 0 Å². The molecule has 0 spiro atoms. The van der Waals surface area contributed by atoms with Crippen molar-refractivity contribution in [3.05, 3.63) is 52.6 Å². The molecule has 0 unspecified atom stereocenters. The standard InChI is InChI=1S/C20H22N2O/c1-2-14-13-18-17(19-16(14)9-6-11-21-19)10-12-22(20(18)23)15-7-4-3-5-8-15/h6,9-13,15H,2-5,7-8H2,1H3. The molecule has 3 aromatic rings. The summed E-state index contributed by atoms with van der Waals surface area (Å²) in [7, 11) is 0. The number of aryl methyl sites for hydroxylation is 1. The van der Waals surface area contributed by atoms with Crippen molar-refractivity contribution < 1.29 is 0 Å². The SMILES string of the molecule is CCc1cc2c(=O)n(C3CCCCC3)ccc2c2ncccc12. The molecule has 0 bridgehead atoms. The maximum absolute atomic E-state index is 13.1. The first kappa shape index (κ1) is 14.4. The normalized spacial score (nSPS) is 16.2. The van der Waals surface area contributed by atoms with E-state index < -0.39 is 0 Å². The molecule has 2 heterocycles. The van der Waals surface area contributed by atoms with Crippen LogP contribution >= 0.6 is 0 Å². The van der Waals surface area contributed by atoms with E-state index >= 15 is 0 Å². The predicted molar refractivity (Wildman–Crippen MR) is 95.0 cm³/mol. The Kier molecular flexibility index (Phi) is 3.64. The van der Waals surface area contributed by atoms with Gasteiger partial charge in [-0.25, -0.2) is 0 Å². The van der Waals surface area contributed by atoms with Crippen LogP contribution in [-0.4, -0.2) is 9.55 Å². The van der Waals surface area contributed by atoms with Crippen molar-refractivity contribution in [3.63, 3.8) is 0 Å². The Balaban J connectivity index is 1.99. The van der Waals surface area contributed by atoms with Gasteiger partial charge in [0.2, 0.25) is 0 Å². The highest BCUT2D eigenvalue weighted by molar-refractivity contribution is 6.06. The summed E-state index contributed by atoms with van der Waals surface area (Å²) in [5, 5.41) is 2.97. The first-order valence-electron chi connectivity index (χ1n) is 8.71. The van der Waals surface area contributed by atoms with Crippen LogP contribution in [0.5, 0.6) is 0 Å². The van der Waals surface area contributed by atoms with E-state index in [0.29, 0.717) is 6.04 Å². The van der Waals surface area contributed by atoms with Crippen LogP contribution in [0.25, 0.3) is 21.7 Å². The second kappa shape index (κ2) is 5.80. The molecule has 0 aliphatic heterocycles. The van der Waals surface area contributed by atoms with Crippen LogP contribution in [0.3, 0.4) is 0 Å². The van der Waals surface area contributed by atoms with E-state index in [1.54, 1.807) is 0 Å². The van der Waals surface area contributed by atoms with E-state index in [2.05, 4.69) is 30.1 Å². The summed E-state index contributed by atoms with van der Waals surface area (Å²) < 4.78 is 1.97. The lowest BCUT2D eigenvalue weighted by Crippen LogP contribution is -2.26. The highest BCUT2D eigenvalue weighted by Gasteiger charge is 2.18. The topological polar surface area (TPSA) is 34.9 Å². The molecule has 1 aromatic carbocycles. The van der Waals surface area contributed by atoms with Crippen molar-refractivity contribution in [2.45, 2.75) is 51.5 Å². The molecule has 118 valence electrons. The molecular weight excluding hydrogens is 284 g/mol. The molecule has 23 heavy (non-hydrogen) atoms. The fourth-order valence-corrected chi connectivity index (χ4v) is 3.98. The lowest BCUT2D eigenvalue weighted by molar-refractivity contribution is 0.347. The third kappa shape index (κ3) is 2.35. The second-order valence-corrected chi connectivity index (χ2v) is 6.57. The van der Waals surface area contributed by atoms with E-state index in [1.807, 2.05) is 23.0 Å². The van der Waals surface area contributed by atoms with Crippen molar-refractivity contribution in [1.29, 1.82) is 0 Å². The average Bonchev–Trinajstić information content (AvgIpc) is 2.62. The van der Waals surface area contributed by atoms with Crippen LogP contribution in [0.15, 0.2) is 41.5 Å². The smallest absolute Gasteiger partial charge is 0.258 e. The molecule has 0 amide bonds. The number of nitrogens with zero attached hydrogens (tertiary/aromatic N) is 2. The summed E-state index contributed by atoms with van der Waals surface area (Å²) in [4.78, 5) is 17.6. The minimum absolute atomic E-state index is 0.150. The molecule has 0 N–H and O–H groups in total. The van der Waals surface area contributed by atoms with E-state index in [-0.39, 0.29) is 5.56 Å². The van der Waals surface area contributed by atoms with Crippen LogP contribution in [0.1, 0.15) is 50.6 Å². The molecule has 0 atom stereocenters. The molecule has 4 rings (SSSR count). The minimum Gasteiger partial charge on any atom is -0.312 e. The average molecular weight is 306 g/mol. The van der Waals surface area contributed by atoms with Gasteiger partial charge in [0.1, 0.15) is 0 Å². The quantitative estimate of drug-likeness (QED) is 0.648. The third-order valence-electron chi connectivity index (χ3n) is 5.23. The summed E-state index contributed by atoms with van der Waals surface area (Å²) >= 11 is 0. The van der Waals surface area contributed by atoms with Gasteiger partial charge in [-0.1, -0.05) is 32.3 Å². The zero-order valence-electron chi connectivity index (χ0n) is 13.6. The molecule has 3 heteroatoms. The number of benzene rings is 1. The van der Waals surface area contributed by atoms with Crippen molar-refractivity contribution in [3.8, 4) is 0 Å². The highest BCUT2D eigenvalue weighted by atomic mass is 16.1. The molecule has 0 radical (unpaired) electrons. The number of aromatic nitrogens is 2. The predicted octanol–water partition coefficient (Wildman–Crippen LogP) is 4.62. The molecule has 1 saturated carbocycles. The van der Waals surface area contributed by atoms with Gasteiger partial charge in [-0.05, 0) is 43.0 Å². The first-order chi connectivity index (χ1) is 11.3. The van der Waals surface area contributed by atoms with Crippen LogP contribution < -0.4 is 5.56 Å². The maximum atomic E-state index is 13.1. The van der Waals surface area contributed by atoms with E-state index in [0.717, 1.165) is 40.9 Å². The molecular formula is C20H22N2O. The van der Waals surface area contributed by atoms with Crippen molar-refractivity contribution in [2.24, 2.45) is 0 Å².